The van der Waals surface area contributed by atoms with Crippen LogP contribution in [0.15, 0.2) is 78.5 Å². The summed E-state index contributed by atoms with van der Waals surface area (Å²) in [7, 11) is 0. The summed E-state index contributed by atoms with van der Waals surface area (Å²) in [5.74, 6) is 2.40. The predicted octanol–water partition coefficient (Wildman–Crippen LogP) is 6.24. The first-order valence-electron chi connectivity index (χ1n) is 10.5. The Morgan fingerprint density at radius 1 is 1.19 bits per heavy atom. The number of carbonyl (C=O) groups is 1. The van der Waals surface area contributed by atoms with E-state index in [9.17, 15) is 4.79 Å². The zero-order valence-electron chi connectivity index (χ0n) is 17.4. The van der Waals surface area contributed by atoms with Crippen molar-refractivity contribution in [3.05, 3.63) is 83.5 Å². The van der Waals surface area contributed by atoms with Gasteiger partial charge >= 0.3 is 0 Å². The number of hydrogen-bond donors (Lipinski definition) is 1. The molecule has 3 aromatic rings. The number of nitrogens with zero attached hydrogens (tertiary/aromatic N) is 2. The Kier molecular flexibility index (Phi) is 6.89. The van der Waals surface area contributed by atoms with Crippen LogP contribution >= 0.6 is 11.3 Å². The van der Waals surface area contributed by atoms with E-state index < -0.39 is 0 Å². The number of ether oxygens (including phenoxy) is 1. The van der Waals surface area contributed by atoms with Crippen molar-refractivity contribution in [1.29, 1.82) is 0 Å². The molecular weight excluding hydrogens is 406 g/mol. The van der Waals surface area contributed by atoms with E-state index in [0.717, 1.165) is 35.3 Å². The lowest BCUT2D eigenvalue weighted by Crippen LogP contribution is -2.11. The first-order chi connectivity index (χ1) is 15.2. The van der Waals surface area contributed by atoms with Gasteiger partial charge in [0.25, 0.3) is 5.91 Å². The summed E-state index contributed by atoms with van der Waals surface area (Å²) < 4.78 is 5.37. The maximum absolute atomic E-state index is 12.3. The third-order valence-electron chi connectivity index (χ3n) is 5.01. The largest absolute Gasteiger partial charge is 0.494 e. The van der Waals surface area contributed by atoms with Crippen molar-refractivity contribution in [3.8, 4) is 17.0 Å². The van der Waals surface area contributed by atoms with E-state index in [1.54, 1.807) is 24.5 Å². The minimum Gasteiger partial charge on any atom is -0.494 e. The average molecular weight is 434 g/mol. The number of pyridine rings is 1. The smallest absolute Gasteiger partial charge is 0.284 e. The number of thiazole rings is 1. The van der Waals surface area contributed by atoms with E-state index >= 15 is 0 Å². The van der Waals surface area contributed by atoms with E-state index in [0.29, 0.717) is 17.3 Å². The molecule has 5 nitrogen and oxygen atoms in total. The maximum atomic E-state index is 12.3. The summed E-state index contributed by atoms with van der Waals surface area (Å²) in [5.41, 5.74) is 2.35. The number of fused-ring (bicyclic) bond motifs is 1. The van der Waals surface area contributed by atoms with Crippen molar-refractivity contribution >= 4 is 22.9 Å². The Hall–Kier alpha value is -3.25. The molecule has 0 radical (unpaired) electrons. The van der Waals surface area contributed by atoms with Crippen molar-refractivity contribution in [3.63, 3.8) is 0 Å². The van der Waals surface area contributed by atoms with Gasteiger partial charge in [0.2, 0.25) is 0 Å². The van der Waals surface area contributed by atoms with Crippen LogP contribution in [0.5, 0.6) is 5.75 Å². The highest BCUT2D eigenvalue weighted by Gasteiger charge is 2.32. The van der Waals surface area contributed by atoms with Crippen LogP contribution < -0.4 is 10.1 Å². The molecule has 0 spiro atoms. The SMILES string of the molecule is C1=CC2CC2C=CC1.CCOc1ccc(NC(=O)c2nc(-c3cccnc3)cs2)cc1.[HH]. The molecule has 0 saturated heterocycles. The lowest BCUT2D eigenvalue weighted by Gasteiger charge is -2.05. The summed E-state index contributed by atoms with van der Waals surface area (Å²) in [5, 5.41) is 5.10. The quantitative estimate of drug-likeness (QED) is 0.484. The molecule has 2 heterocycles. The fraction of sp³-hybridized carbons (Fsp3) is 0.240. The highest BCUT2D eigenvalue weighted by Crippen LogP contribution is 2.41. The van der Waals surface area contributed by atoms with Gasteiger partial charge in [0.05, 0.1) is 12.3 Å². The zero-order valence-corrected chi connectivity index (χ0v) is 18.2. The van der Waals surface area contributed by atoms with Crippen molar-refractivity contribution in [2.24, 2.45) is 11.8 Å². The van der Waals surface area contributed by atoms with Crippen molar-refractivity contribution in [2.75, 3.05) is 11.9 Å². The van der Waals surface area contributed by atoms with Gasteiger partial charge in [-0.1, -0.05) is 24.3 Å². The molecule has 0 aliphatic heterocycles. The monoisotopic (exact) mass is 433 g/mol. The van der Waals surface area contributed by atoms with E-state index in [1.165, 1.54) is 17.8 Å². The van der Waals surface area contributed by atoms with Gasteiger partial charge in [-0.2, -0.15) is 0 Å². The molecule has 1 N–H and O–H groups in total. The molecule has 1 amide bonds. The van der Waals surface area contributed by atoms with Crippen LogP contribution in [0.1, 0.15) is 31.0 Å². The van der Waals surface area contributed by atoms with Crippen LogP contribution in [0.25, 0.3) is 11.3 Å². The number of amides is 1. The number of benzene rings is 1. The maximum Gasteiger partial charge on any atom is 0.284 e. The molecule has 2 atom stereocenters. The van der Waals surface area contributed by atoms with Gasteiger partial charge < -0.3 is 10.1 Å². The molecule has 2 aliphatic carbocycles. The molecule has 2 unspecified atom stereocenters. The Balaban J connectivity index is 0.000000268. The van der Waals surface area contributed by atoms with Gasteiger partial charge in [0, 0.05) is 30.5 Å². The van der Waals surface area contributed by atoms with Crippen LogP contribution in [0.3, 0.4) is 0 Å². The number of hydrogen-bond acceptors (Lipinski definition) is 5. The van der Waals surface area contributed by atoms with Crippen LogP contribution in [0.4, 0.5) is 5.69 Å². The third-order valence-corrected chi connectivity index (χ3v) is 5.85. The van der Waals surface area contributed by atoms with Gasteiger partial charge in [0.15, 0.2) is 5.01 Å². The van der Waals surface area contributed by atoms with Crippen molar-refractivity contribution in [2.45, 2.75) is 19.8 Å². The molecular formula is C25H27N3O2S. The van der Waals surface area contributed by atoms with Crippen LogP contribution in [-0.2, 0) is 0 Å². The third kappa shape index (κ3) is 5.89. The molecule has 1 aromatic carbocycles. The number of rotatable bonds is 5. The average Bonchev–Trinajstić information content (AvgIpc) is 3.42. The lowest BCUT2D eigenvalue weighted by atomic mass is 10.2. The van der Waals surface area contributed by atoms with E-state index in [4.69, 9.17) is 4.74 Å². The van der Waals surface area contributed by atoms with Crippen molar-refractivity contribution < 1.29 is 11.0 Å². The Bertz CT molecular complexity index is 1050. The molecule has 2 aromatic heterocycles. The minimum absolute atomic E-state index is 0. The van der Waals surface area contributed by atoms with Gasteiger partial charge in [-0.05, 0) is 68.0 Å². The topological polar surface area (TPSA) is 64.1 Å². The van der Waals surface area contributed by atoms with Crippen LogP contribution in [0, 0.1) is 11.8 Å². The minimum atomic E-state index is -0.227. The fourth-order valence-electron chi connectivity index (χ4n) is 3.27. The van der Waals surface area contributed by atoms with Gasteiger partial charge in [0.1, 0.15) is 5.75 Å². The van der Waals surface area contributed by atoms with Gasteiger partial charge in [-0.25, -0.2) is 4.98 Å². The fourth-order valence-corrected chi connectivity index (χ4v) is 4.00. The normalized spacial score (nSPS) is 18.2. The summed E-state index contributed by atoms with van der Waals surface area (Å²) in [6.45, 7) is 2.54. The van der Waals surface area contributed by atoms with Gasteiger partial charge in [-0.3, -0.25) is 9.78 Å². The zero-order chi connectivity index (χ0) is 21.5. The number of anilines is 1. The summed E-state index contributed by atoms with van der Waals surface area (Å²) in [6.07, 6.45) is 15.2. The molecule has 0 bridgehead atoms. The number of aromatic nitrogens is 2. The molecule has 160 valence electrons. The molecule has 1 fully saturated rings. The first-order valence-corrected chi connectivity index (χ1v) is 11.3. The second-order valence-corrected chi connectivity index (χ2v) is 8.20. The first kappa shape index (κ1) is 21.0. The summed E-state index contributed by atoms with van der Waals surface area (Å²) >= 11 is 1.31. The molecule has 1 saturated carbocycles. The number of allylic oxidation sites excluding steroid dienone is 4. The Morgan fingerprint density at radius 2 is 1.97 bits per heavy atom. The summed E-state index contributed by atoms with van der Waals surface area (Å²) in [4.78, 5) is 20.7. The second kappa shape index (κ2) is 10.2. The highest BCUT2D eigenvalue weighted by atomic mass is 32.1. The highest BCUT2D eigenvalue weighted by molar-refractivity contribution is 7.12. The molecule has 6 heteroatoms. The standard InChI is InChI=1S/C17H15N3O2S.C8H10.H2/c1-2-22-14-7-5-13(6-8-14)19-16(21)17-20-15(11-23-17)12-4-3-9-18-10-12;1-2-4-7-6-8(7)5-3-1;/h3-11H,2H2,1H3,(H,19,21);2-5,7-8H,1,6H2;1H. The molecule has 2 aliphatic rings. The molecule has 31 heavy (non-hydrogen) atoms. The van der Waals surface area contributed by atoms with Gasteiger partial charge in [-0.15, -0.1) is 11.3 Å². The summed E-state index contributed by atoms with van der Waals surface area (Å²) in [6, 6.07) is 11.0. The van der Waals surface area contributed by atoms with E-state index in [2.05, 4.69) is 39.6 Å². The second-order valence-electron chi connectivity index (χ2n) is 7.35. The van der Waals surface area contributed by atoms with Crippen molar-refractivity contribution in [1.82, 2.24) is 9.97 Å². The lowest BCUT2D eigenvalue weighted by molar-refractivity contribution is 0.102. The van der Waals surface area contributed by atoms with E-state index in [1.807, 2.05) is 36.6 Å². The Labute approximate surface area is 188 Å². The predicted molar refractivity (Wildman–Crippen MR) is 128 cm³/mol. The molecule has 5 rings (SSSR count). The van der Waals surface area contributed by atoms with Crippen LogP contribution in [0.2, 0.25) is 0 Å². The van der Waals surface area contributed by atoms with E-state index in [-0.39, 0.29) is 7.33 Å². The number of carbonyl (C=O) groups excluding carboxylic acids is 1. The Morgan fingerprint density at radius 3 is 2.65 bits per heavy atom. The van der Waals surface area contributed by atoms with Crippen LogP contribution in [-0.4, -0.2) is 22.5 Å². The number of nitrogens with one attached hydrogen (secondary N) is 1.